The molecule has 40 heavy (non-hydrogen) atoms. The van der Waals surface area contributed by atoms with Crippen molar-refractivity contribution < 1.29 is 18.7 Å². The lowest BCUT2D eigenvalue weighted by molar-refractivity contribution is -0.126. The van der Waals surface area contributed by atoms with Crippen molar-refractivity contribution in [2.24, 2.45) is 0 Å². The van der Waals surface area contributed by atoms with E-state index in [2.05, 4.69) is 26.5 Å². The lowest BCUT2D eigenvalue weighted by atomic mass is 10.1. The van der Waals surface area contributed by atoms with Crippen molar-refractivity contribution in [2.45, 2.75) is 32.7 Å². The number of aromatic hydroxyl groups is 1. The number of carbonyl (C=O) groups is 1. The van der Waals surface area contributed by atoms with Crippen LogP contribution < -0.4 is 10.6 Å². The molecular weight excluding hydrogens is 520 g/mol. The Hall–Kier alpha value is -4.74. The number of phenolic OH excluding ortho intramolecular Hbond substituents is 1. The minimum absolute atomic E-state index is 0.0340. The highest BCUT2D eigenvalue weighted by atomic mass is 19.1. The lowest BCUT2D eigenvalue weighted by Gasteiger charge is -2.40. The number of nitrogens with zero attached hydrogens (tertiary/aromatic N) is 7. The first-order valence-corrected chi connectivity index (χ1v) is 12.7. The van der Waals surface area contributed by atoms with Gasteiger partial charge >= 0.3 is 5.69 Å². The molecule has 1 aliphatic rings. The first-order chi connectivity index (χ1) is 19.1. The summed E-state index contributed by atoms with van der Waals surface area (Å²) in [5.74, 6) is -2.34. The van der Waals surface area contributed by atoms with Gasteiger partial charge in [0.2, 0.25) is 5.91 Å². The molecule has 0 spiro atoms. The topological polar surface area (TPSA) is 117 Å². The van der Waals surface area contributed by atoms with E-state index in [9.17, 15) is 19.1 Å². The second-order valence-electron chi connectivity index (χ2n) is 9.83. The maximum atomic E-state index is 15.7. The summed E-state index contributed by atoms with van der Waals surface area (Å²) in [5.41, 5.74) is -1.21. The fourth-order valence-electron chi connectivity index (χ4n) is 4.96. The molecule has 1 saturated heterocycles. The van der Waals surface area contributed by atoms with Gasteiger partial charge in [-0.2, -0.15) is 4.98 Å². The maximum absolute atomic E-state index is 15.7. The van der Waals surface area contributed by atoms with Crippen LogP contribution in [0.15, 0.2) is 54.1 Å². The molecule has 0 bridgehead atoms. The standard InChI is InChI=1S/C28H27F2N7O3/c1-5-21(39)35-11-12-36(16(4)14-35)25-17-13-19(30)24(22-18(29)7-6-8-20(22)38)33-26(17)37(28(40)34-25)27-23(15(2)3)31-9-10-32-27/h5-10,13,15-16,38H,1,11-12,14H2,2-4H3/t16-/m0/s1. The highest BCUT2D eigenvalue weighted by molar-refractivity contribution is 5.91. The SMILES string of the molecule is C=CC(=O)N1CCN(c2nc(=O)n(-c3nccnc3C(C)C)c3nc(-c4c(O)cccc4F)c(F)cc23)[C@@H](C)C1. The van der Waals surface area contributed by atoms with Crippen LogP contribution in [0.2, 0.25) is 0 Å². The molecule has 3 aromatic heterocycles. The number of anilines is 1. The minimum atomic E-state index is -0.919. The van der Waals surface area contributed by atoms with E-state index in [1.807, 2.05) is 25.7 Å². The number of aromatic nitrogens is 5. The van der Waals surface area contributed by atoms with E-state index in [0.29, 0.717) is 25.3 Å². The number of amides is 1. The second-order valence-corrected chi connectivity index (χ2v) is 9.83. The van der Waals surface area contributed by atoms with Gasteiger partial charge in [0.25, 0.3) is 0 Å². The van der Waals surface area contributed by atoms with Crippen LogP contribution in [0.4, 0.5) is 14.6 Å². The fraction of sp³-hybridized carbons (Fsp3) is 0.286. The molecule has 4 aromatic rings. The minimum Gasteiger partial charge on any atom is -0.507 e. The average Bonchev–Trinajstić information content (AvgIpc) is 2.92. The summed E-state index contributed by atoms with van der Waals surface area (Å²) in [6, 6.07) is 4.43. The smallest absolute Gasteiger partial charge is 0.357 e. The Morgan fingerprint density at radius 2 is 1.88 bits per heavy atom. The van der Waals surface area contributed by atoms with Crippen molar-refractivity contribution in [1.29, 1.82) is 0 Å². The Morgan fingerprint density at radius 1 is 1.12 bits per heavy atom. The zero-order valence-electron chi connectivity index (χ0n) is 22.2. The average molecular weight is 548 g/mol. The Morgan fingerprint density at radius 3 is 2.55 bits per heavy atom. The molecule has 1 atom stereocenters. The Bertz CT molecular complexity index is 1690. The summed E-state index contributed by atoms with van der Waals surface area (Å²) >= 11 is 0. The third-order valence-electron chi connectivity index (χ3n) is 6.88. The molecule has 1 aromatic carbocycles. The Balaban J connectivity index is 1.80. The van der Waals surface area contributed by atoms with Gasteiger partial charge in [0.15, 0.2) is 17.3 Å². The van der Waals surface area contributed by atoms with Crippen LogP contribution in [-0.2, 0) is 4.79 Å². The van der Waals surface area contributed by atoms with Crippen LogP contribution in [0.1, 0.15) is 32.4 Å². The predicted octanol–water partition coefficient (Wildman–Crippen LogP) is 3.57. The molecule has 1 amide bonds. The summed E-state index contributed by atoms with van der Waals surface area (Å²) in [7, 11) is 0. The van der Waals surface area contributed by atoms with E-state index in [1.54, 1.807) is 4.90 Å². The number of benzene rings is 1. The summed E-state index contributed by atoms with van der Waals surface area (Å²) < 4.78 is 31.7. The van der Waals surface area contributed by atoms with E-state index in [0.717, 1.165) is 16.7 Å². The van der Waals surface area contributed by atoms with E-state index in [1.165, 1.54) is 30.6 Å². The van der Waals surface area contributed by atoms with Crippen LogP contribution in [-0.4, -0.2) is 66.1 Å². The zero-order valence-corrected chi connectivity index (χ0v) is 22.2. The summed E-state index contributed by atoms with van der Waals surface area (Å²) in [4.78, 5) is 46.8. The number of hydrogen-bond acceptors (Lipinski definition) is 8. The van der Waals surface area contributed by atoms with Crippen molar-refractivity contribution in [1.82, 2.24) is 29.4 Å². The van der Waals surface area contributed by atoms with Gasteiger partial charge in [-0.15, -0.1) is 0 Å². The van der Waals surface area contributed by atoms with Crippen LogP contribution in [0.3, 0.4) is 0 Å². The van der Waals surface area contributed by atoms with Crippen molar-refractivity contribution in [2.75, 3.05) is 24.5 Å². The van der Waals surface area contributed by atoms with Gasteiger partial charge in [-0.3, -0.25) is 9.78 Å². The molecule has 1 N–H and O–H groups in total. The molecular formula is C28H27F2N7O3. The van der Waals surface area contributed by atoms with E-state index >= 15 is 4.39 Å². The number of fused-ring (bicyclic) bond motifs is 1. The number of pyridine rings is 1. The molecule has 1 fully saturated rings. The van der Waals surface area contributed by atoms with Crippen molar-refractivity contribution in [3.05, 3.63) is 77.1 Å². The van der Waals surface area contributed by atoms with Gasteiger partial charge in [0.1, 0.15) is 23.1 Å². The molecule has 206 valence electrons. The monoisotopic (exact) mass is 547 g/mol. The number of carbonyl (C=O) groups excluding carboxylic acids is 1. The molecule has 12 heteroatoms. The van der Waals surface area contributed by atoms with Gasteiger partial charge in [-0.1, -0.05) is 26.5 Å². The third-order valence-corrected chi connectivity index (χ3v) is 6.88. The largest absolute Gasteiger partial charge is 0.507 e. The first-order valence-electron chi connectivity index (χ1n) is 12.7. The summed E-state index contributed by atoms with van der Waals surface area (Å²) in [5, 5.41) is 10.6. The number of piperazine rings is 1. The van der Waals surface area contributed by atoms with E-state index < -0.39 is 34.3 Å². The molecule has 4 heterocycles. The van der Waals surface area contributed by atoms with E-state index in [-0.39, 0.29) is 40.5 Å². The Kier molecular flexibility index (Phi) is 7.01. The molecule has 0 aliphatic carbocycles. The highest BCUT2D eigenvalue weighted by Gasteiger charge is 2.31. The number of halogens is 2. The summed E-state index contributed by atoms with van der Waals surface area (Å²) in [6.07, 6.45) is 4.15. The zero-order chi connectivity index (χ0) is 28.7. The normalized spacial score (nSPS) is 15.6. The van der Waals surface area contributed by atoms with Crippen LogP contribution >= 0.6 is 0 Å². The van der Waals surface area contributed by atoms with Gasteiger partial charge in [0, 0.05) is 38.1 Å². The molecule has 5 rings (SSSR count). The molecule has 10 nitrogen and oxygen atoms in total. The predicted molar refractivity (Wildman–Crippen MR) is 145 cm³/mol. The molecule has 0 radical (unpaired) electrons. The van der Waals surface area contributed by atoms with Crippen molar-refractivity contribution in [3.8, 4) is 22.8 Å². The first kappa shape index (κ1) is 26.9. The molecule has 0 saturated carbocycles. The van der Waals surface area contributed by atoms with E-state index in [4.69, 9.17) is 0 Å². The maximum Gasteiger partial charge on any atom is 0.357 e. The van der Waals surface area contributed by atoms with Crippen LogP contribution in [0, 0.1) is 11.6 Å². The molecule has 1 aliphatic heterocycles. The fourth-order valence-corrected chi connectivity index (χ4v) is 4.96. The van der Waals surface area contributed by atoms with Gasteiger partial charge in [-0.25, -0.2) is 28.1 Å². The van der Waals surface area contributed by atoms with Crippen LogP contribution in [0.25, 0.3) is 28.1 Å². The number of hydrogen-bond donors (Lipinski definition) is 1. The van der Waals surface area contributed by atoms with Crippen molar-refractivity contribution >= 4 is 22.8 Å². The van der Waals surface area contributed by atoms with Gasteiger partial charge < -0.3 is 14.9 Å². The van der Waals surface area contributed by atoms with Crippen LogP contribution in [0.5, 0.6) is 5.75 Å². The Labute approximate surface area is 228 Å². The quantitative estimate of drug-likeness (QED) is 0.377. The molecule has 0 unspecified atom stereocenters. The number of rotatable bonds is 5. The summed E-state index contributed by atoms with van der Waals surface area (Å²) in [6.45, 7) is 10.1. The van der Waals surface area contributed by atoms with Crippen molar-refractivity contribution in [3.63, 3.8) is 0 Å². The number of phenols is 1. The van der Waals surface area contributed by atoms with Gasteiger partial charge in [0.05, 0.1) is 16.6 Å². The third kappa shape index (κ3) is 4.55. The lowest BCUT2D eigenvalue weighted by Crippen LogP contribution is -2.54. The second kappa shape index (κ2) is 10.4. The van der Waals surface area contributed by atoms with Gasteiger partial charge in [-0.05, 0) is 37.1 Å². The highest BCUT2D eigenvalue weighted by Crippen LogP contribution is 2.36.